The molecule has 2 N–H and O–H groups in total. The highest BCUT2D eigenvalue weighted by atomic mass is 19.1. The SMILES string of the molecule is CC(C)(F)C(=O)[O-].CC1CC(NC(=O)c2cccc([C@@H](CCN3CCC(C(=O)O)CC3)CC(=O)C3=Nc4cc5c(nc4C3)CC[C@H](C(C)(C)C)C5)c2)C1. The van der Waals surface area contributed by atoms with Crippen LogP contribution in [0.1, 0.15) is 125 Å². The summed E-state index contributed by atoms with van der Waals surface area (Å²) in [4.78, 5) is 60.2. The largest absolute Gasteiger partial charge is 0.547 e. The second kappa shape index (κ2) is 16.6. The van der Waals surface area contributed by atoms with Gasteiger partial charge in [-0.15, -0.1) is 0 Å². The van der Waals surface area contributed by atoms with Crippen LogP contribution in [-0.4, -0.2) is 75.7 Å². The van der Waals surface area contributed by atoms with Crippen LogP contribution >= 0.6 is 0 Å². The van der Waals surface area contributed by atoms with Crippen molar-refractivity contribution in [3.63, 3.8) is 0 Å². The molecule has 6 rings (SSSR count). The molecule has 4 aliphatic rings. The normalized spacial score (nSPS) is 22.2. The van der Waals surface area contributed by atoms with Crippen LogP contribution in [0.15, 0.2) is 35.3 Å². The van der Waals surface area contributed by atoms with Crippen molar-refractivity contribution in [2.24, 2.45) is 28.2 Å². The number of alkyl halides is 1. The number of amides is 1. The number of nitrogens with one attached hydrogen (secondary N) is 1. The van der Waals surface area contributed by atoms with Crippen molar-refractivity contribution in [2.45, 2.75) is 123 Å². The molecule has 2 aliphatic heterocycles. The van der Waals surface area contributed by atoms with Crippen molar-refractivity contribution in [2.75, 3.05) is 19.6 Å². The molecule has 3 heterocycles. The number of carbonyl (C=O) groups is 4. The summed E-state index contributed by atoms with van der Waals surface area (Å²) in [5.74, 6) is -1.50. The van der Waals surface area contributed by atoms with Crippen molar-refractivity contribution >= 4 is 35.0 Å². The monoisotopic (exact) mass is 731 g/mol. The van der Waals surface area contributed by atoms with E-state index in [9.17, 15) is 33.8 Å². The Bertz CT molecular complexity index is 1710. The number of aliphatic carboxylic acids is 2. The first kappa shape index (κ1) is 40.2. The number of fused-ring (bicyclic) bond motifs is 2. The van der Waals surface area contributed by atoms with Crippen molar-refractivity contribution in [1.29, 1.82) is 0 Å². The van der Waals surface area contributed by atoms with E-state index in [1.54, 1.807) is 0 Å². The lowest BCUT2D eigenvalue weighted by Crippen LogP contribution is -2.43. The van der Waals surface area contributed by atoms with Gasteiger partial charge in [-0.1, -0.05) is 39.8 Å². The zero-order chi connectivity index (χ0) is 38.7. The highest BCUT2D eigenvalue weighted by Gasteiger charge is 2.33. The Labute approximate surface area is 313 Å². The Hall–Kier alpha value is -3.99. The Morgan fingerprint density at radius 2 is 1.72 bits per heavy atom. The molecule has 1 amide bonds. The third kappa shape index (κ3) is 10.6. The van der Waals surface area contributed by atoms with Crippen LogP contribution in [0.3, 0.4) is 0 Å². The molecule has 1 aromatic heterocycles. The Kier molecular flexibility index (Phi) is 12.6. The van der Waals surface area contributed by atoms with Gasteiger partial charge in [0.15, 0.2) is 5.78 Å². The summed E-state index contributed by atoms with van der Waals surface area (Å²) < 4.78 is 11.8. The van der Waals surface area contributed by atoms with E-state index in [1.807, 2.05) is 24.3 Å². The molecule has 1 saturated carbocycles. The number of carbonyl (C=O) groups excluding carboxylic acids is 3. The maximum atomic E-state index is 13.9. The number of pyridine rings is 1. The maximum absolute atomic E-state index is 13.9. The van der Waals surface area contributed by atoms with Crippen molar-refractivity contribution in [1.82, 2.24) is 15.2 Å². The fourth-order valence-electron chi connectivity index (χ4n) is 7.86. The second-order valence-corrected chi connectivity index (χ2v) is 17.3. The van der Waals surface area contributed by atoms with Gasteiger partial charge in [0.1, 0.15) is 5.67 Å². The number of hydrogen-bond donors (Lipinski definition) is 2. The van der Waals surface area contributed by atoms with E-state index in [1.165, 1.54) is 11.3 Å². The van der Waals surface area contributed by atoms with Gasteiger partial charge >= 0.3 is 5.97 Å². The minimum atomic E-state index is -2.19. The standard InChI is InChI=1S/C38H50N4O4.C4H7FO2/c1-23-16-30(17-23)39-36(44)27-7-5-6-25(18-27)26(12-15-42-13-10-24(11-14-42)37(45)46)21-35(43)34-22-33-32(41-34)20-28-19-29(38(2,3)4)8-9-31(28)40-33;1-4(2,5)3(6)7/h5-7,18,20,23-24,26,29-30H,8-17,19,21-22H2,1-4H3,(H,39,44)(H,45,46);1-2H3,(H,6,7)/p-1/t23?,26-,29-,30?;/m0./s1. The van der Waals surface area contributed by atoms with Gasteiger partial charge in [-0.25, -0.2) is 9.38 Å². The van der Waals surface area contributed by atoms with Crippen LogP contribution in [0, 0.1) is 23.2 Å². The summed E-state index contributed by atoms with van der Waals surface area (Å²) in [6.07, 6.45) is 7.99. The van der Waals surface area contributed by atoms with Crippen molar-refractivity contribution < 1.29 is 33.8 Å². The third-order valence-electron chi connectivity index (χ3n) is 11.6. The quantitative estimate of drug-likeness (QED) is 0.294. The van der Waals surface area contributed by atoms with E-state index in [4.69, 9.17) is 9.98 Å². The number of nitrogens with zero attached hydrogens (tertiary/aromatic N) is 3. The maximum Gasteiger partial charge on any atom is 0.306 e. The van der Waals surface area contributed by atoms with Crippen molar-refractivity contribution in [3.05, 3.63) is 58.4 Å². The number of rotatable bonds is 11. The number of piperidine rings is 1. The molecule has 0 spiro atoms. The molecule has 2 fully saturated rings. The van der Waals surface area contributed by atoms with E-state index in [0.29, 0.717) is 48.8 Å². The zero-order valence-corrected chi connectivity index (χ0v) is 32.2. The van der Waals surface area contributed by atoms with Crippen LogP contribution in [0.25, 0.3) is 0 Å². The van der Waals surface area contributed by atoms with E-state index >= 15 is 0 Å². The molecule has 11 heteroatoms. The first-order chi connectivity index (χ1) is 24.9. The predicted molar refractivity (Wildman–Crippen MR) is 200 cm³/mol. The average molecular weight is 732 g/mol. The molecule has 2 atom stereocenters. The Morgan fingerprint density at radius 3 is 2.32 bits per heavy atom. The van der Waals surface area contributed by atoms with Gasteiger partial charge < -0.3 is 25.2 Å². The number of halogens is 1. The first-order valence-electron chi connectivity index (χ1n) is 19.3. The summed E-state index contributed by atoms with van der Waals surface area (Å²) in [6, 6.07) is 10.2. The number of Topliss-reactive ketones (excluding diaryl/α,β-unsaturated/α-hetero) is 1. The number of aryl methyl sites for hydroxylation is 1. The topological polar surface area (TPSA) is 152 Å². The van der Waals surface area contributed by atoms with E-state index in [0.717, 1.165) is 89.0 Å². The molecule has 1 aromatic carbocycles. The zero-order valence-electron chi connectivity index (χ0n) is 32.2. The van der Waals surface area contributed by atoms with Crippen LogP contribution in [0.4, 0.5) is 10.1 Å². The molecule has 53 heavy (non-hydrogen) atoms. The second-order valence-electron chi connectivity index (χ2n) is 17.3. The summed E-state index contributed by atoms with van der Waals surface area (Å²) in [6.45, 7) is 13.3. The minimum Gasteiger partial charge on any atom is -0.547 e. The van der Waals surface area contributed by atoms with Gasteiger partial charge in [0.25, 0.3) is 5.91 Å². The number of ketones is 1. The van der Waals surface area contributed by atoms with Gasteiger partial charge in [-0.05, 0) is 137 Å². The van der Waals surface area contributed by atoms with Crippen LogP contribution < -0.4 is 10.4 Å². The molecule has 0 bridgehead atoms. The Balaban J connectivity index is 0.000000705. The Morgan fingerprint density at radius 1 is 1.04 bits per heavy atom. The molecule has 0 unspecified atom stereocenters. The van der Waals surface area contributed by atoms with Gasteiger partial charge in [-0.2, -0.15) is 0 Å². The fraction of sp³-hybridized carbons (Fsp3) is 0.619. The minimum absolute atomic E-state index is 0.0384. The summed E-state index contributed by atoms with van der Waals surface area (Å²) in [5.41, 5.74) is 4.45. The van der Waals surface area contributed by atoms with Crippen molar-refractivity contribution in [3.8, 4) is 0 Å². The van der Waals surface area contributed by atoms with Gasteiger partial charge in [-0.3, -0.25) is 19.4 Å². The molecule has 2 aromatic rings. The number of carboxylic acids is 2. The lowest BCUT2D eigenvalue weighted by molar-refractivity contribution is -0.317. The number of benzene rings is 1. The van der Waals surface area contributed by atoms with Crippen LogP contribution in [0.2, 0.25) is 0 Å². The van der Waals surface area contributed by atoms with Crippen LogP contribution in [-0.2, 0) is 33.6 Å². The predicted octanol–water partition coefficient (Wildman–Crippen LogP) is 5.80. The van der Waals surface area contributed by atoms with Gasteiger partial charge in [0.05, 0.1) is 29.0 Å². The molecule has 2 aliphatic carbocycles. The van der Waals surface area contributed by atoms with Crippen LogP contribution in [0.5, 0.6) is 0 Å². The van der Waals surface area contributed by atoms with E-state index < -0.39 is 17.6 Å². The molecular weight excluding hydrogens is 675 g/mol. The number of aliphatic imine (C=N–C) groups is 1. The molecule has 288 valence electrons. The van der Waals surface area contributed by atoms with Gasteiger partial charge in [0.2, 0.25) is 0 Å². The third-order valence-corrected chi connectivity index (χ3v) is 11.6. The fourth-order valence-corrected chi connectivity index (χ4v) is 7.86. The molecule has 10 nitrogen and oxygen atoms in total. The summed E-state index contributed by atoms with van der Waals surface area (Å²) in [5, 5.41) is 22.1. The lowest BCUT2D eigenvalue weighted by Gasteiger charge is -2.34. The first-order valence-corrected chi connectivity index (χ1v) is 19.3. The highest BCUT2D eigenvalue weighted by Crippen LogP contribution is 2.39. The summed E-state index contributed by atoms with van der Waals surface area (Å²) in [7, 11) is 0. The number of carboxylic acid groups (broad SMARTS) is 2. The highest BCUT2D eigenvalue weighted by molar-refractivity contribution is 6.41. The molecular formula is C42H56FN4O6-. The van der Waals surface area contributed by atoms with Gasteiger partial charge in [0, 0.05) is 30.1 Å². The average Bonchev–Trinajstić information content (AvgIpc) is 3.50. The smallest absolute Gasteiger partial charge is 0.306 e. The van der Waals surface area contributed by atoms with E-state index in [2.05, 4.69) is 44.0 Å². The molecule has 0 radical (unpaired) electrons. The lowest BCUT2D eigenvalue weighted by atomic mass is 9.71. The number of likely N-dealkylation sites (tertiary alicyclic amines) is 1. The number of aromatic nitrogens is 1. The molecule has 1 saturated heterocycles. The summed E-state index contributed by atoms with van der Waals surface area (Å²) >= 11 is 0. The number of hydrogen-bond acceptors (Lipinski definition) is 8. The van der Waals surface area contributed by atoms with E-state index in [-0.39, 0.29) is 35.0 Å².